The summed E-state index contributed by atoms with van der Waals surface area (Å²) in [6.45, 7) is 3.51. The highest BCUT2D eigenvalue weighted by atomic mass is 19.1. The number of aromatic nitrogens is 3. The summed E-state index contributed by atoms with van der Waals surface area (Å²) in [5, 5.41) is 20.4. The fourth-order valence-corrected chi connectivity index (χ4v) is 5.12. The number of halogens is 1. The van der Waals surface area contributed by atoms with Gasteiger partial charge in [0.1, 0.15) is 5.82 Å². The minimum atomic E-state index is -0.920. The van der Waals surface area contributed by atoms with Crippen LogP contribution < -0.4 is 4.90 Å². The molecule has 1 fully saturated rings. The van der Waals surface area contributed by atoms with Gasteiger partial charge >= 0.3 is 0 Å². The minimum Gasteiger partial charge on any atom is -0.396 e. The van der Waals surface area contributed by atoms with E-state index in [9.17, 15) is 14.6 Å². The molecule has 0 spiro atoms. The average molecular weight is 445 g/mol. The monoisotopic (exact) mass is 444 g/mol. The number of aliphatic hydroxyl groups excluding tert-OH is 1. The molecule has 0 radical (unpaired) electrons. The summed E-state index contributed by atoms with van der Waals surface area (Å²) in [5.74, 6) is 0.436. The van der Waals surface area contributed by atoms with E-state index in [1.165, 1.54) is 12.1 Å². The van der Waals surface area contributed by atoms with Gasteiger partial charge in [-0.1, -0.05) is 12.1 Å². The summed E-state index contributed by atoms with van der Waals surface area (Å²) in [6, 6.07) is 15.0. The SMILES string of the molecule is C[C@]1(O)CN(c2ccc3c(c2)Cn2cc(-c4ccc(F)cc4)cc2-c2nccn2-3)C[C@@H]1CO. The van der Waals surface area contributed by atoms with E-state index in [0.29, 0.717) is 19.6 Å². The van der Waals surface area contributed by atoms with Crippen molar-refractivity contribution in [1.82, 2.24) is 14.1 Å². The van der Waals surface area contributed by atoms with Crippen molar-refractivity contribution in [1.29, 1.82) is 0 Å². The van der Waals surface area contributed by atoms with Crippen molar-refractivity contribution >= 4 is 5.69 Å². The van der Waals surface area contributed by atoms with E-state index in [-0.39, 0.29) is 18.3 Å². The van der Waals surface area contributed by atoms with E-state index < -0.39 is 5.60 Å². The van der Waals surface area contributed by atoms with E-state index in [1.54, 1.807) is 25.3 Å². The molecule has 6 nitrogen and oxygen atoms in total. The maximum absolute atomic E-state index is 13.4. The third kappa shape index (κ3) is 3.27. The molecule has 0 bridgehead atoms. The van der Waals surface area contributed by atoms with Crippen molar-refractivity contribution in [2.75, 3.05) is 24.6 Å². The molecule has 0 aliphatic carbocycles. The van der Waals surface area contributed by atoms with Gasteiger partial charge in [-0.15, -0.1) is 0 Å². The molecule has 4 aromatic rings. The van der Waals surface area contributed by atoms with Gasteiger partial charge < -0.3 is 19.7 Å². The van der Waals surface area contributed by atoms with Gasteiger partial charge in [0.2, 0.25) is 0 Å². The Bertz CT molecular complexity index is 1340. The van der Waals surface area contributed by atoms with Crippen molar-refractivity contribution < 1.29 is 14.6 Å². The third-order valence-corrected chi connectivity index (χ3v) is 7.02. The zero-order valence-electron chi connectivity index (χ0n) is 18.3. The van der Waals surface area contributed by atoms with Crippen LogP contribution in [0.15, 0.2) is 67.1 Å². The topological polar surface area (TPSA) is 66.5 Å². The summed E-state index contributed by atoms with van der Waals surface area (Å²) in [5.41, 5.74) is 5.29. The Morgan fingerprint density at radius 1 is 1.12 bits per heavy atom. The lowest BCUT2D eigenvalue weighted by Crippen LogP contribution is -2.36. The number of imidazole rings is 1. The first-order chi connectivity index (χ1) is 15.9. The highest BCUT2D eigenvalue weighted by molar-refractivity contribution is 5.72. The quantitative estimate of drug-likeness (QED) is 0.446. The molecule has 168 valence electrons. The third-order valence-electron chi connectivity index (χ3n) is 7.02. The Hall–Kier alpha value is -3.42. The summed E-state index contributed by atoms with van der Waals surface area (Å²) in [4.78, 5) is 6.77. The molecule has 2 N–H and O–H groups in total. The second-order valence-electron chi connectivity index (χ2n) is 9.30. The van der Waals surface area contributed by atoms with Gasteiger partial charge in [-0.05, 0) is 54.4 Å². The fraction of sp³-hybridized carbons (Fsp3) is 0.269. The first-order valence-corrected chi connectivity index (χ1v) is 11.1. The van der Waals surface area contributed by atoms with Crippen LogP contribution in [-0.2, 0) is 6.54 Å². The standard InChI is InChI=1S/C26H25FN4O2/c1-26(33)16-30(14-20(26)15-32)22-6-7-23-19(10-22)13-29-12-18(17-2-4-21(27)5-3-17)11-24(29)25-28-8-9-31(23)25/h2-12,20,32-33H,13-16H2,1H3/t20-,26+/m1/s1. The van der Waals surface area contributed by atoms with Crippen molar-refractivity contribution in [2.45, 2.75) is 19.1 Å². The van der Waals surface area contributed by atoms with Crippen molar-refractivity contribution in [2.24, 2.45) is 5.92 Å². The first-order valence-electron chi connectivity index (χ1n) is 11.1. The zero-order valence-corrected chi connectivity index (χ0v) is 18.3. The number of rotatable bonds is 3. The van der Waals surface area contributed by atoms with Crippen molar-refractivity contribution in [3.8, 4) is 28.3 Å². The summed E-state index contributed by atoms with van der Waals surface area (Å²) >= 11 is 0. The number of fused-ring (bicyclic) bond motifs is 5. The Morgan fingerprint density at radius 2 is 1.94 bits per heavy atom. The van der Waals surface area contributed by atoms with Crippen LogP contribution in [-0.4, -0.2) is 49.6 Å². The van der Waals surface area contributed by atoms with E-state index in [1.807, 2.05) is 6.20 Å². The highest BCUT2D eigenvalue weighted by Crippen LogP contribution is 2.37. The summed E-state index contributed by atoms with van der Waals surface area (Å²) in [6.07, 6.45) is 5.86. The van der Waals surface area contributed by atoms with E-state index in [0.717, 1.165) is 39.6 Å². The lowest BCUT2D eigenvalue weighted by atomic mass is 9.94. The molecule has 6 rings (SSSR count). The molecule has 0 amide bonds. The molecule has 2 atom stereocenters. The highest BCUT2D eigenvalue weighted by Gasteiger charge is 2.41. The Labute approximate surface area is 191 Å². The number of β-amino-alcohol motifs (C(OH)–C–C–N with tert-alkyl or cyclic N) is 1. The molecule has 0 unspecified atom stereocenters. The van der Waals surface area contributed by atoms with Crippen LogP contribution in [0.25, 0.3) is 28.3 Å². The molecule has 33 heavy (non-hydrogen) atoms. The normalized spacial score (nSPS) is 21.5. The summed E-state index contributed by atoms with van der Waals surface area (Å²) in [7, 11) is 0. The number of benzene rings is 2. The molecule has 4 heterocycles. The van der Waals surface area contributed by atoms with Crippen molar-refractivity contribution in [3.05, 3.63) is 78.5 Å². The van der Waals surface area contributed by atoms with Crippen LogP contribution in [0.1, 0.15) is 12.5 Å². The van der Waals surface area contributed by atoms with Gasteiger partial charge in [0.25, 0.3) is 0 Å². The Balaban J connectivity index is 1.42. The molecule has 0 saturated carbocycles. The average Bonchev–Trinajstić information content (AvgIpc) is 3.49. The number of hydrogen-bond acceptors (Lipinski definition) is 4. The predicted molar refractivity (Wildman–Crippen MR) is 125 cm³/mol. The van der Waals surface area contributed by atoms with E-state index >= 15 is 0 Å². The molecular formula is C26H25FN4O2. The van der Waals surface area contributed by atoms with Gasteiger partial charge in [-0.2, -0.15) is 0 Å². The Kier molecular flexibility index (Phi) is 4.47. The number of hydrogen-bond donors (Lipinski definition) is 2. The number of nitrogens with zero attached hydrogens (tertiary/aromatic N) is 4. The van der Waals surface area contributed by atoms with Gasteiger partial charge in [-0.3, -0.25) is 4.57 Å². The molecule has 1 saturated heterocycles. The maximum Gasteiger partial charge on any atom is 0.161 e. The van der Waals surface area contributed by atoms with Crippen LogP contribution in [0.4, 0.5) is 10.1 Å². The second kappa shape index (κ2) is 7.30. The smallest absolute Gasteiger partial charge is 0.161 e. The molecule has 7 heteroatoms. The number of anilines is 1. The largest absolute Gasteiger partial charge is 0.396 e. The lowest BCUT2D eigenvalue weighted by Gasteiger charge is -2.23. The molecule has 2 aliphatic rings. The van der Waals surface area contributed by atoms with Crippen LogP contribution >= 0.6 is 0 Å². The van der Waals surface area contributed by atoms with Crippen molar-refractivity contribution in [3.63, 3.8) is 0 Å². The molecular weight excluding hydrogens is 419 g/mol. The van der Waals surface area contributed by atoms with E-state index in [2.05, 4.69) is 49.5 Å². The summed E-state index contributed by atoms with van der Waals surface area (Å²) < 4.78 is 17.7. The van der Waals surface area contributed by atoms with Crippen LogP contribution in [0.2, 0.25) is 0 Å². The Morgan fingerprint density at radius 3 is 2.70 bits per heavy atom. The zero-order chi connectivity index (χ0) is 22.7. The molecule has 2 aromatic carbocycles. The molecule has 2 aliphatic heterocycles. The van der Waals surface area contributed by atoms with Crippen LogP contribution in [0, 0.1) is 11.7 Å². The molecule has 2 aromatic heterocycles. The van der Waals surface area contributed by atoms with Gasteiger partial charge in [0.15, 0.2) is 5.82 Å². The maximum atomic E-state index is 13.4. The predicted octanol–water partition coefficient (Wildman–Crippen LogP) is 3.69. The van der Waals surface area contributed by atoms with Crippen LogP contribution in [0.5, 0.6) is 0 Å². The van der Waals surface area contributed by atoms with Gasteiger partial charge in [-0.25, -0.2) is 9.37 Å². The first kappa shape index (κ1) is 20.2. The lowest BCUT2D eigenvalue weighted by molar-refractivity contribution is 0.0126. The minimum absolute atomic E-state index is 0.0360. The fourth-order valence-electron chi connectivity index (χ4n) is 5.12. The van der Waals surface area contributed by atoms with E-state index in [4.69, 9.17) is 0 Å². The van der Waals surface area contributed by atoms with Gasteiger partial charge in [0.05, 0.1) is 23.6 Å². The van der Waals surface area contributed by atoms with Crippen LogP contribution in [0.3, 0.4) is 0 Å². The second-order valence-corrected chi connectivity index (χ2v) is 9.30. The number of aliphatic hydroxyl groups is 2. The van der Waals surface area contributed by atoms with Gasteiger partial charge in [0, 0.05) is 55.4 Å².